The lowest BCUT2D eigenvalue weighted by Crippen LogP contribution is -2.19. The van der Waals surface area contributed by atoms with Gasteiger partial charge in [-0.3, -0.25) is 0 Å². The number of rotatable bonds is 4. The van der Waals surface area contributed by atoms with Crippen molar-refractivity contribution >= 4 is 37.3 Å². The molecule has 0 aliphatic rings. The summed E-state index contributed by atoms with van der Waals surface area (Å²) in [6, 6.07) is 12.4. The Morgan fingerprint density at radius 3 is 2.43 bits per heavy atom. The van der Waals surface area contributed by atoms with Crippen LogP contribution < -0.4 is 15.8 Å². The lowest BCUT2D eigenvalue weighted by molar-refractivity contribution is 0.598. The molecule has 0 saturated carbocycles. The molecule has 0 aliphatic heterocycles. The summed E-state index contributed by atoms with van der Waals surface area (Å²) in [7, 11) is -1.85. The van der Waals surface area contributed by atoms with Crippen LogP contribution in [0.1, 0.15) is 5.56 Å². The number of anilines is 2. The van der Waals surface area contributed by atoms with Gasteiger partial charge in [0.25, 0.3) is 0 Å². The molecule has 21 heavy (non-hydrogen) atoms. The van der Waals surface area contributed by atoms with Gasteiger partial charge in [-0.15, -0.1) is 0 Å². The van der Waals surface area contributed by atoms with Crippen LogP contribution in [0.3, 0.4) is 0 Å². The lowest BCUT2D eigenvalue weighted by Gasteiger charge is -2.22. The number of sulfonamides is 1. The first-order valence-electron chi connectivity index (χ1n) is 6.16. The average Bonchev–Trinajstić information content (AvgIpc) is 2.40. The van der Waals surface area contributed by atoms with Crippen molar-refractivity contribution in [3.05, 3.63) is 52.5 Å². The van der Waals surface area contributed by atoms with Gasteiger partial charge in [-0.25, -0.2) is 13.6 Å². The summed E-state index contributed by atoms with van der Waals surface area (Å²) in [6.45, 7) is 0.639. The van der Waals surface area contributed by atoms with E-state index in [1.165, 1.54) is 12.1 Å². The highest BCUT2D eigenvalue weighted by Crippen LogP contribution is 2.27. The second-order valence-electron chi connectivity index (χ2n) is 4.71. The van der Waals surface area contributed by atoms with E-state index >= 15 is 0 Å². The van der Waals surface area contributed by atoms with Crippen LogP contribution in [0.4, 0.5) is 11.4 Å². The Labute approximate surface area is 132 Å². The number of benzene rings is 2. The Morgan fingerprint density at radius 1 is 1.19 bits per heavy atom. The minimum atomic E-state index is -3.74. The molecule has 2 aromatic carbocycles. The number of nitrogens with zero attached hydrogens (tertiary/aromatic N) is 1. The van der Waals surface area contributed by atoms with E-state index in [1.807, 2.05) is 36.2 Å². The van der Waals surface area contributed by atoms with Gasteiger partial charge in [0.1, 0.15) is 0 Å². The molecule has 0 fully saturated rings. The number of nitrogens with two attached hydrogens (primary N) is 2. The van der Waals surface area contributed by atoms with Crippen LogP contribution in [0.2, 0.25) is 0 Å². The molecular weight excluding hydrogens is 354 g/mol. The molecule has 0 aliphatic carbocycles. The minimum absolute atomic E-state index is 0.0121. The van der Waals surface area contributed by atoms with E-state index in [-0.39, 0.29) is 4.90 Å². The van der Waals surface area contributed by atoms with Gasteiger partial charge in [-0.2, -0.15) is 0 Å². The summed E-state index contributed by atoms with van der Waals surface area (Å²) in [5, 5.41) is 5.09. The molecule has 7 heteroatoms. The van der Waals surface area contributed by atoms with E-state index in [2.05, 4.69) is 15.9 Å². The molecule has 0 radical (unpaired) electrons. The standard InChI is InChI=1S/C14H16BrN3O2S/c1-18(9-10-4-2-3-5-12(10)15)14-7-6-11(8-13(14)16)21(17,19)20/h2-8H,9,16H2,1H3,(H2,17,19,20). The SMILES string of the molecule is CN(Cc1ccccc1Br)c1ccc(S(N)(=O)=O)cc1N. The van der Waals surface area contributed by atoms with E-state index in [0.717, 1.165) is 15.7 Å². The number of halogens is 1. The monoisotopic (exact) mass is 369 g/mol. The molecule has 0 bridgehead atoms. The van der Waals surface area contributed by atoms with Crippen LogP contribution in [0.25, 0.3) is 0 Å². The Kier molecular flexibility index (Phi) is 4.55. The Hall–Kier alpha value is -1.57. The summed E-state index contributed by atoms with van der Waals surface area (Å²) >= 11 is 3.50. The molecule has 2 rings (SSSR count). The van der Waals surface area contributed by atoms with Crippen molar-refractivity contribution in [2.45, 2.75) is 11.4 Å². The normalized spacial score (nSPS) is 11.4. The number of hydrogen-bond acceptors (Lipinski definition) is 4. The zero-order chi connectivity index (χ0) is 15.6. The van der Waals surface area contributed by atoms with Gasteiger partial charge in [0.2, 0.25) is 10.0 Å². The van der Waals surface area contributed by atoms with Crippen LogP contribution in [-0.4, -0.2) is 15.5 Å². The molecule has 0 unspecified atom stereocenters. The fourth-order valence-corrected chi connectivity index (χ4v) is 2.98. The first kappa shape index (κ1) is 15.8. The van der Waals surface area contributed by atoms with E-state index in [0.29, 0.717) is 12.2 Å². The van der Waals surface area contributed by atoms with E-state index < -0.39 is 10.0 Å². The Bertz CT molecular complexity index is 763. The number of nitrogen functional groups attached to an aromatic ring is 1. The van der Waals surface area contributed by atoms with Gasteiger partial charge in [0.05, 0.1) is 16.3 Å². The number of hydrogen-bond donors (Lipinski definition) is 2. The highest BCUT2D eigenvalue weighted by molar-refractivity contribution is 9.10. The first-order valence-corrected chi connectivity index (χ1v) is 8.50. The van der Waals surface area contributed by atoms with Crippen molar-refractivity contribution in [2.24, 2.45) is 5.14 Å². The van der Waals surface area contributed by atoms with Crippen molar-refractivity contribution < 1.29 is 8.42 Å². The maximum atomic E-state index is 11.3. The second kappa shape index (κ2) is 6.05. The van der Waals surface area contributed by atoms with Gasteiger partial charge >= 0.3 is 0 Å². The molecule has 5 nitrogen and oxygen atoms in total. The van der Waals surface area contributed by atoms with Crippen molar-refractivity contribution in [1.82, 2.24) is 0 Å². The van der Waals surface area contributed by atoms with Crippen LogP contribution in [0.5, 0.6) is 0 Å². The fourth-order valence-electron chi connectivity index (χ4n) is 2.02. The first-order chi connectivity index (χ1) is 9.79. The predicted molar refractivity (Wildman–Crippen MR) is 88.5 cm³/mol. The molecule has 4 N–H and O–H groups in total. The van der Waals surface area contributed by atoms with E-state index in [1.54, 1.807) is 6.07 Å². The summed E-state index contributed by atoms with van der Waals surface area (Å²) < 4.78 is 23.6. The third-order valence-corrected chi connectivity index (χ3v) is 4.79. The van der Waals surface area contributed by atoms with Gasteiger partial charge < -0.3 is 10.6 Å². The van der Waals surface area contributed by atoms with E-state index in [4.69, 9.17) is 10.9 Å². The smallest absolute Gasteiger partial charge is 0.238 e. The van der Waals surface area contributed by atoms with Crippen molar-refractivity contribution in [2.75, 3.05) is 17.7 Å². The molecule has 0 aromatic heterocycles. The Balaban J connectivity index is 2.28. The summed E-state index contributed by atoms with van der Waals surface area (Å²) in [6.07, 6.45) is 0. The molecule has 0 saturated heterocycles. The third kappa shape index (κ3) is 3.75. The van der Waals surface area contributed by atoms with Crippen molar-refractivity contribution in [3.8, 4) is 0 Å². The fraction of sp³-hybridized carbons (Fsp3) is 0.143. The molecule has 0 atom stereocenters. The maximum Gasteiger partial charge on any atom is 0.238 e. The quantitative estimate of drug-likeness (QED) is 0.809. The summed E-state index contributed by atoms with van der Waals surface area (Å²) in [5.74, 6) is 0. The largest absolute Gasteiger partial charge is 0.397 e. The zero-order valence-electron chi connectivity index (χ0n) is 11.5. The molecule has 0 spiro atoms. The number of primary sulfonamides is 1. The molecule has 2 aromatic rings. The topological polar surface area (TPSA) is 89.4 Å². The van der Waals surface area contributed by atoms with Crippen LogP contribution in [-0.2, 0) is 16.6 Å². The zero-order valence-corrected chi connectivity index (χ0v) is 13.9. The van der Waals surface area contributed by atoms with Crippen molar-refractivity contribution in [3.63, 3.8) is 0 Å². The molecule has 0 amide bonds. The van der Waals surface area contributed by atoms with Crippen LogP contribution >= 0.6 is 15.9 Å². The van der Waals surface area contributed by atoms with E-state index in [9.17, 15) is 8.42 Å². The molecular formula is C14H16BrN3O2S. The lowest BCUT2D eigenvalue weighted by atomic mass is 10.2. The maximum absolute atomic E-state index is 11.3. The van der Waals surface area contributed by atoms with Gasteiger partial charge in [0.15, 0.2) is 0 Å². The van der Waals surface area contributed by atoms with Gasteiger partial charge in [-0.1, -0.05) is 34.1 Å². The summed E-state index contributed by atoms with van der Waals surface area (Å²) in [5.41, 5.74) is 8.16. The third-order valence-electron chi connectivity index (χ3n) is 3.10. The van der Waals surface area contributed by atoms with Crippen molar-refractivity contribution in [1.29, 1.82) is 0 Å². The van der Waals surface area contributed by atoms with Crippen LogP contribution in [0.15, 0.2) is 51.8 Å². The highest BCUT2D eigenvalue weighted by atomic mass is 79.9. The highest BCUT2D eigenvalue weighted by Gasteiger charge is 2.13. The second-order valence-corrected chi connectivity index (χ2v) is 7.13. The summed E-state index contributed by atoms with van der Waals surface area (Å²) in [4.78, 5) is 1.96. The van der Waals surface area contributed by atoms with Gasteiger partial charge in [0, 0.05) is 18.1 Å². The van der Waals surface area contributed by atoms with Crippen LogP contribution in [0, 0.1) is 0 Å². The van der Waals surface area contributed by atoms with Gasteiger partial charge in [-0.05, 0) is 29.8 Å². The Morgan fingerprint density at radius 2 is 1.86 bits per heavy atom. The average molecular weight is 370 g/mol. The molecule has 112 valence electrons. The predicted octanol–water partition coefficient (Wildman–Crippen LogP) is 2.32. The minimum Gasteiger partial charge on any atom is -0.397 e. The molecule has 0 heterocycles.